The summed E-state index contributed by atoms with van der Waals surface area (Å²) in [5.41, 5.74) is 0.827. The Labute approximate surface area is 90.8 Å². The Balaban J connectivity index is 2.46. The van der Waals surface area contributed by atoms with E-state index in [4.69, 9.17) is 4.74 Å². The van der Waals surface area contributed by atoms with Crippen LogP contribution in [0.4, 0.5) is 5.69 Å². The lowest BCUT2D eigenvalue weighted by molar-refractivity contribution is -0.140. The number of nitrogens with one attached hydrogen (secondary N) is 1. The van der Waals surface area contributed by atoms with Crippen molar-refractivity contribution in [3.8, 4) is 0 Å². The first-order valence-electron chi connectivity index (χ1n) is 4.23. The quantitative estimate of drug-likeness (QED) is 0.838. The summed E-state index contributed by atoms with van der Waals surface area (Å²) >= 11 is 3.31. The molecule has 0 fully saturated rings. The first-order chi connectivity index (χ1) is 6.74. The van der Waals surface area contributed by atoms with Crippen molar-refractivity contribution in [1.29, 1.82) is 0 Å². The van der Waals surface area contributed by atoms with Crippen LogP contribution in [-0.2, 0) is 9.53 Å². The molecule has 0 unspecified atom stereocenters. The van der Waals surface area contributed by atoms with Gasteiger partial charge in [0.25, 0.3) is 0 Å². The number of hydrogen-bond donors (Lipinski definition) is 1. The highest BCUT2D eigenvalue weighted by Gasteiger charge is 2.02. The summed E-state index contributed by atoms with van der Waals surface area (Å²) in [6, 6.07) is 1.78. The van der Waals surface area contributed by atoms with Gasteiger partial charge in [0.05, 0.1) is 16.8 Å². The van der Waals surface area contributed by atoms with Gasteiger partial charge in [0.2, 0.25) is 0 Å². The lowest BCUT2D eigenvalue weighted by Crippen LogP contribution is -2.16. The van der Waals surface area contributed by atoms with Crippen molar-refractivity contribution < 1.29 is 9.53 Å². The minimum atomic E-state index is -0.267. The van der Waals surface area contributed by atoms with Gasteiger partial charge >= 0.3 is 5.97 Å². The van der Waals surface area contributed by atoms with Gasteiger partial charge in [-0.1, -0.05) is 0 Å². The molecule has 0 bridgehead atoms. The Morgan fingerprint density at radius 2 is 2.50 bits per heavy atom. The van der Waals surface area contributed by atoms with E-state index in [2.05, 4.69) is 26.2 Å². The molecular formula is C9H11BrN2O2. The molecule has 1 N–H and O–H groups in total. The summed E-state index contributed by atoms with van der Waals surface area (Å²) in [4.78, 5) is 14.9. The second-order valence-corrected chi connectivity index (χ2v) is 3.37. The molecule has 1 rings (SSSR count). The second kappa shape index (κ2) is 5.59. The molecule has 0 aliphatic rings. The largest absolute Gasteiger partial charge is 0.465 e. The fraction of sp³-hybridized carbons (Fsp3) is 0.333. The molecule has 0 spiro atoms. The van der Waals surface area contributed by atoms with Crippen LogP contribution in [0, 0.1) is 0 Å². The number of hydrogen-bond acceptors (Lipinski definition) is 4. The molecular weight excluding hydrogens is 248 g/mol. The van der Waals surface area contributed by atoms with E-state index in [0.717, 1.165) is 10.2 Å². The van der Waals surface area contributed by atoms with Crippen molar-refractivity contribution in [3.05, 3.63) is 22.9 Å². The fourth-order valence-electron chi connectivity index (χ4n) is 0.898. The highest BCUT2D eigenvalue weighted by molar-refractivity contribution is 9.10. The zero-order valence-corrected chi connectivity index (χ0v) is 9.37. The Bertz CT molecular complexity index is 317. The van der Waals surface area contributed by atoms with Crippen LogP contribution in [0.1, 0.15) is 6.92 Å². The number of esters is 1. The van der Waals surface area contributed by atoms with Crippen LogP contribution in [0.5, 0.6) is 0 Å². The first-order valence-corrected chi connectivity index (χ1v) is 5.02. The molecule has 0 atom stereocenters. The minimum Gasteiger partial charge on any atom is -0.465 e. The van der Waals surface area contributed by atoms with E-state index >= 15 is 0 Å². The lowest BCUT2D eigenvalue weighted by atomic mass is 10.4. The Morgan fingerprint density at radius 3 is 3.14 bits per heavy atom. The van der Waals surface area contributed by atoms with Gasteiger partial charge in [-0.3, -0.25) is 9.78 Å². The number of aromatic nitrogens is 1. The molecule has 76 valence electrons. The van der Waals surface area contributed by atoms with E-state index in [1.54, 1.807) is 25.4 Å². The standard InChI is InChI=1S/C9H11BrN2O2/c1-2-14-9(13)6-12-8-3-4-11-5-7(8)10/h3-5H,2,6H2,1H3,(H,11,12). The van der Waals surface area contributed by atoms with Crippen LogP contribution in [-0.4, -0.2) is 24.1 Å². The zero-order chi connectivity index (χ0) is 10.4. The monoisotopic (exact) mass is 258 g/mol. The third kappa shape index (κ3) is 3.33. The van der Waals surface area contributed by atoms with Crippen molar-refractivity contribution in [1.82, 2.24) is 4.98 Å². The number of anilines is 1. The molecule has 0 aliphatic heterocycles. The van der Waals surface area contributed by atoms with E-state index in [-0.39, 0.29) is 12.5 Å². The van der Waals surface area contributed by atoms with Crippen LogP contribution >= 0.6 is 15.9 Å². The molecule has 0 saturated heterocycles. The van der Waals surface area contributed by atoms with E-state index in [0.29, 0.717) is 6.61 Å². The summed E-state index contributed by atoms with van der Waals surface area (Å²) < 4.78 is 5.59. The third-order valence-electron chi connectivity index (χ3n) is 1.50. The maximum atomic E-state index is 11.0. The summed E-state index contributed by atoms with van der Waals surface area (Å²) in [5.74, 6) is -0.267. The average Bonchev–Trinajstić information content (AvgIpc) is 2.17. The van der Waals surface area contributed by atoms with Crippen LogP contribution in [0.2, 0.25) is 0 Å². The highest BCUT2D eigenvalue weighted by Crippen LogP contribution is 2.19. The van der Waals surface area contributed by atoms with Crippen molar-refractivity contribution in [3.63, 3.8) is 0 Å². The summed E-state index contributed by atoms with van der Waals surface area (Å²) in [5, 5.41) is 2.94. The van der Waals surface area contributed by atoms with E-state index < -0.39 is 0 Å². The molecule has 0 radical (unpaired) electrons. The maximum absolute atomic E-state index is 11.0. The molecule has 0 aromatic carbocycles. The van der Waals surface area contributed by atoms with Crippen LogP contribution in [0.3, 0.4) is 0 Å². The molecule has 0 aliphatic carbocycles. The zero-order valence-electron chi connectivity index (χ0n) is 7.79. The highest BCUT2D eigenvalue weighted by atomic mass is 79.9. The SMILES string of the molecule is CCOC(=O)CNc1ccncc1Br. The van der Waals surface area contributed by atoms with Gasteiger partial charge in [0, 0.05) is 12.4 Å². The Morgan fingerprint density at radius 1 is 1.71 bits per heavy atom. The molecule has 5 heteroatoms. The van der Waals surface area contributed by atoms with Gasteiger partial charge in [-0.2, -0.15) is 0 Å². The molecule has 4 nitrogen and oxygen atoms in total. The van der Waals surface area contributed by atoms with Crippen molar-refractivity contribution in [2.75, 3.05) is 18.5 Å². The van der Waals surface area contributed by atoms with Gasteiger partial charge in [0.15, 0.2) is 0 Å². The van der Waals surface area contributed by atoms with Gasteiger partial charge in [0.1, 0.15) is 6.54 Å². The molecule has 1 heterocycles. The normalized spacial score (nSPS) is 9.57. The van der Waals surface area contributed by atoms with Crippen molar-refractivity contribution in [2.45, 2.75) is 6.92 Å². The first kappa shape index (κ1) is 11.0. The van der Waals surface area contributed by atoms with Crippen molar-refractivity contribution >= 4 is 27.6 Å². The van der Waals surface area contributed by atoms with Crippen LogP contribution in [0.15, 0.2) is 22.9 Å². The number of rotatable bonds is 4. The number of pyridine rings is 1. The molecule has 14 heavy (non-hydrogen) atoms. The molecule has 1 aromatic heterocycles. The van der Waals surface area contributed by atoms with Crippen LogP contribution in [0.25, 0.3) is 0 Å². The molecule has 0 amide bonds. The van der Waals surface area contributed by atoms with E-state index in [1.165, 1.54) is 0 Å². The maximum Gasteiger partial charge on any atom is 0.325 e. The molecule has 1 aromatic rings. The predicted octanol–water partition coefficient (Wildman–Crippen LogP) is 1.82. The number of ether oxygens (including phenoxy) is 1. The number of halogens is 1. The minimum absolute atomic E-state index is 0.163. The van der Waals surface area contributed by atoms with Gasteiger partial charge < -0.3 is 10.1 Å². The predicted molar refractivity (Wildman–Crippen MR) is 57.1 cm³/mol. The number of carbonyl (C=O) groups is 1. The summed E-state index contributed by atoms with van der Waals surface area (Å²) in [7, 11) is 0. The van der Waals surface area contributed by atoms with Crippen LogP contribution < -0.4 is 5.32 Å². The Kier molecular flexibility index (Phi) is 4.39. The fourth-order valence-corrected chi connectivity index (χ4v) is 1.29. The third-order valence-corrected chi connectivity index (χ3v) is 2.13. The number of nitrogens with zero attached hydrogens (tertiary/aromatic N) is 1. The topological polar surface area (TPSA) is 51.2 Å². The van der Waals surface area contributed by atoms with Gasteiger partial charge in [-0.15, -0.1) is 0 Å². The summed E-state index contributed by atoms with van der Waals surface area (Å²) in [6.07, 6.45) is 3.31. The lowest BCUT2D eigenvalue weighted by Gasteiger charge is -2.06. The van der Waals surface area contributed by atoms with Crippen molar-refractivity contribution in [2.24, 2.45) is 0 Å². The van der Waals surface area contributed by atoms with Gasteiger partial charge in [-0.05, 0) is 28.9 Å². The number of carbonyl (C=O) groups excluding carboxylic acids is 1. The Hall–Kier alpha value is -1.10. The van der Waals surface area contributed by atoms with E-state index in [1.807, 2.05) is 0 Å². The second-order valence-electron chi connectivity index (χ2n) is 2.51. The smallest absolute Gasteiger partial charge is 0.325 e. The summed E-state index contributed by atoms with van der Waals surface area (Å²) in [6.45, 7) is 2.34. The van der Waals surface area contributed by atoms with Gasteiger partial charge in [-0.25, -0.2) is 0 Å². The average molecular weight is 259 g/mol. The molecule has 0 saturated carbocycles. The van der Waals surface area contributed by atoms with E-state index in [9.17, 15) is 4.79 Å².